The largest absolute Gasteiger partial charge is 0.391 e. The number of nitrogens with zero attached hydrogens (tertiary/aromatic N) is 5. The second kappa shape index (κ2) is 5.75. The van der Waals surface area contributed by atoms with Gasteiger partial charge in [-0.05, 0) is 13.0 Å². The Morgan fingerprint density at radius 2 is 2.30 bits per heavy atom. The van der Waals surface area contributed by atoms with Gasteiger partial charge in [0.15, 0.2) is 5.65 Å². The van der Waals surface area contributed by atoms with Crippen molar-refractivity contribution in [3.63, 3.8) is 0 Å². The van der Waals surface area contributed by atoms with E-state index in [9.17, 15) is 5.11 Å². The first kappa shape index (κ1) is 14.3. The quantitative estimate of drug-likeness (QED) is 0.776. The fraction of sp³-hybridized carbons (Fsp3) is 0.438. The molecule has 0 unspecified atom stereocenters. The van der Waals surface area contributed by atoms with Gasteiger partial charge in [-0.25, -0.2) is 9.50 Å². The minimum atomic E-state index is -0.352. The molecule has 0 radical (unpaired) electrons. The first-order chi connectivity index (χ1) is 11.2. The van der Waals surface area contributed by atoms with Crippen molar-refractivity contribution in [2.45, 2.75) is 26.0 Å². The SMILES string of the molecule is Cc1cc(C[C@@H]2CN(Cc3cnn4cccnc34)C[C@H]2O)on1. The van der Waals surface area contributed by atoms with Crippen LogP contribution >= 0.6 is 0 Å². The van der Waals surface area contributed by atoms with Crippen LogP contribution in [0.25, 0.3) is 5.65 Å². The smallest absolute Gasteiger partial charge is 0.159 e. The number of hydrogen-bond donors (Lipinski definition) is 1. The summed E-state index contributed by atoms with van der Waals surface area (Å²) in [5, 5.41) is 18.5. The standard InChI is InChI=1S/C16H19N5O2/c1-11-5-14(23-19-11)6-12-8-20(10-15(12)22)9-13-7-18-21-4-2-3-17-16(13)21/h2-5,7,12,15,22H,6,8-10H2,1H3/t12-,15-/m1/s1. The molecule has 1 aliphatic heterocycles. The highest BCUT2D eigenvalue weighted by molar-refractivity contribution is 5.45. The van der Waals surface area contributed by atoms with Crippen molar-refractivity contribution in [1.82, 2.24) is 24.7 Å². The van der Waals surface area contributed by atoms with Crippen molar-refractivity contribution in [2.75, 3.05) is 13.1 Å². The second-order valence-electron chi connectivity index (χ2n) is 6.22. The summed E-state index contributed by atoms with van der Waals surface area (Å²) in [5.41, 5.74) is 2.83. The Labute approximate surface area is 133 Å². The maximum atomic E-state index is 10.3. The molecule has 0 aliphatic carbocycles. The highest BCUT2D eigenvalue weighted by atomic mass is 16.5. The van der Waals surface area contributed by atoms with Crippen LogP contribution in [0.2, 0.25) is 0 Å². The minimum Gasteiger partial charge on any atom is -0.391 e. The second-order valence-corrected chi connectivity index (χ2v) is 6.22. The van der Waals surface area contributed by atoms with Crippen LogP contribution < -0.4 is 0 Å². The molecular weight excluding hydrogens is 294 g/mol. The molecule has 4 rings (SSSR count). The molecule has 3 aromatic rings. The number of β-amino-alcohol motifs (C(OH)–C–C–N with tert-alkyl or cyclic N) is 1. The highest BCUT2D eigenvalue weighted by Crippen LogP contribution is 2.24. The minimum absolute atomic E-state index is 0.164. The van der Waals surface area contributed by atoms with Gasteiger partial charge in [0.25, 0.3) is 0 Å². The zero-order chi connectivity index (χ0) is 15.8. The number of likely N-dealkylation sites (tertiary alicyclic amines) is 1. The van der Waals surface area contributed by atoms with E-state index in [0.29, 0.717) is 13.0 Å². The molecule has 120 valence electrons. The summed E-state index contributed by atoms with van der Waals surface area (Å²) < 4.78 is 7.04. The fourth-order valence-corrected chi connectivity index (χ4v) is 3.27. The predicted octanol–water partition coefficient (Wildman–Crippen LogP) is 1.06. The average Bonchev–Trinajstić information content (AvgIpc) is 3.22. The highest BCUT2D eigenvalue weighted by Gasteiger charge is 2.32. The first-order valence-electron chi connectivity index (χ1n) is 7.79. The molecule has 3 aromatic heterocycles. The number of aliphatic hydroxyl groups is 1. The molecule has 2 atom stereocenters. The van der Waals surface area contributed by atoms with Gasteiger partial charge < -0.3 is 9.63 Å². The van der Waals surface area contributed by atoms with Crippen molar-refractivity contribution < 1.29 is 9.63 Å². The van der Waals surface area contributed by atoms with Gasteiger partial charge in [-0.3, -0.25) is 4.90 Å². The summed E-state index contributed by atoms with van der Waals surface area (Å²) in [6.07, 6.45) is 5.87. The molecule has 7 heteroatoms. The van der Waals surface area contributed by atoms with Crippen molar-refractivity contribution in [3.05, 3.63) is 47.7 Å². The zero-order valence-corrected chi connectivity index (χ0v) is 13.0. The Hall–Kier alpha value is -2.25. The summed E-state index contributed by atoms with van der Waals surface area (Å²) in [5.74, 6) is 1.00. The maximum absolute atomic E-state index is 10.3. The molecule has 0 saturated carbocycles. The van der Waals surface area contributed by atoms with Crippen LogP contribution in [0, 0.1) is 12.8 Å². The van der Waals surface area contributed by atoms with Crippen LogP contribution in [-0.4, -0.2) is 49.0 Å². The lowest BCUT2D eigenvalue weighted by molar-refractivity contribution is 0.137. The zero-order valence-electron chi connectivity index (χ0n) is 13.0. The molecule has 1 aliphatic rings. The topological polar surface area (TPSA) is 79.7 Å². The summed E-state index contributed by atoms with van der Waals surface area (Å²) >= 11 is 0. The molecule has 23 heavy (non-hydrogen) atoms. The van der Waals surface area contributed by atoms with Gasteiger partial charge in [0, 0.05) is 56.0 Å². The Morgan fingerprint density at radius 1 is 1.39 bits per heavy atom. The molecule has 0 aromatic carbocycles. The summed E-state index contributed by atoms with van der Waals surface area (Å²) in [4.78, 5) is 6.62. The van der Waals surface area contributed by atoms with Crippen LogP contribution in [0.5, 0.6) is 0 Å². The van der Waals surface area contributed by atoms with Gasteiger partial charge in [0.2, 0.25) is 0 Å². The monoisotopic (exact) mass is 313 g/mol. The van der Waals surface area contributed by atoms with Crippen LogP contribution in [0.3, 0.4) is 0 Å². The Bertz CT molecular complexity index is 812. The average molecular weight is 313 g/mol. The lowest BCUT2D eigenvalue weighted by atomic mass is 10.0. The van der Waals surface area contributed by atoms with E-state index in [1.54, 1.807) is 10.7 Å². The van der Waals surface area contributed by atoms with Gasteiger partial charge in [-0.1, -0.05) is 5.16 Å². The molecule has 1 fully saturated rings. The van der Waals surface area contributed by atoms with Crippen molar-refractivity contribution in [3.8, 4) is 0 Å². The maximum Gasteiger partial charge on any atom is 0.159 e. The van der Waals surface area contributed by atoms with Crippen molar-refractivity contribution in [1.29, 1.82) is 0 Å². The number of aryl methyl sites for hydroxylation is 1. The summed E-state index contributed by atoms with van der Waals surface area (Å²) in [7, 11) is 0. The molecule has 1 N–H and O–H groups in total. The molecule has 0 amide bonds. The van der Waals surface area contributed by atoms with Crippen LogP contribution in [-0.2, 0) is 13.0 Å². The third kappa shape index (κ3) is 2.85. The van der Waals surface area contributed by atoms with Crippen molar-refractivity contribution in [2.24, 2.45) is 5.92 Å². The van der Waals surface area contributed by atoms with Gasteiger partial charge in [0.1, 0.15) is 5.76 Å². The Kier molecular flexibility index (Phi) is 3.59. The summed E-state index contributed by atoms with van der Waals surface area (Å²) in [6.45, 7) is 4.12. The van der Waals surface area contributed by atoms with Gasteiger partial charge in [-0.2, -0.15) is 5.10 Å². The van der Waals surface area contributed by atoms with E-state index in [1.807, 2.05) is 31.5 Å². The Morgan fingerprint density at radius 3 is 3.13 bits per heavy atom. The number of aliphatic hydroxyl groups excluding tert-OH is 1. The number of hydrogen-bond acceptors (Lipinski definition) is 6. The molecule has 4 heterocycles. The van der Waals surface area contributed by atoms with E-state index < -0.39 is 0 Å². The van der Waals surface area contributed by atoms with E-state index in [4.69, 9.17) is 4.52 Å². The van der Waals surface area contributed by atoms with E-state index >= 15 is 0 Å². The van der Waals surface area contributed by atoms with Crippen LogP contribution in [0.1, 0.15) is 17.0 Å². The third-order valence-corrected chi connectivity index (χ3v) is 4.37. The van der Waals surface area contributed by atoms with Crippen molar-refractivity contribution >= 4 is 5.65 Å². The number of fused-ring (bicyclic) bond motifs is 1. The van der Waals surface area contributed by atoms with Crippen LogP contribution in [0.4, 0.5) is 0 Å². The van der Waals surface area contributed by atoms with E-state index in [2.05, 4.69) is 20.1 Å². The predicted molar refractivity (Wildman–Crippen MR) is 82.7 cm³/mol. The van der Waals surface area contributed by atoms with Gasteiger partial charge >= 0.3 is 0 Å². The fourth-order valence-electron chi connectivity index (χ4n) is 3.27. The van der Waals surface area contributed by atoms with E-state index in [0.717, 1.165) is 35.8 Å². The summed E-state index contributed by atoms with van der Waals surface area (Å²) in [6, 6.07) is 3.80. The number of aromatic nitrogens is 4. The molecule has 7 nitrogen and oxygen atoms in total. The van der Waals surface area contributed by atoms with Gasteiger partial charge in [0.05, 0.1) is 18.0 Å². The molecule has 0 spiro atoms. The lowest BCUT2D eigenvalue weighted by Gasteiger charge is -2.14. The molecule has 0 bridgehead atoms. The Balaban J connectivity index is 1.45. The number of rotatable bonds is 4. The first-order valence-corrected chi connectivity index (χ1v) is 7.79. The lowest BCUT2D eigenvalue weighted by Crippen LogP contribution is -2.21. The van der Waals surface area contributed by atoms with E-state index in [-0.39, 0.29) is 12.0 Å². The molecule has 1 saturated heterocycles. The molecular formula is C16H19N5O2. The normalized spacial score (nSPS) is 22.2. The van der Waals surface area contributed by atoms with Gasteiger partial charge in [-0.15, -0.1) is 0 Å². The van der Waals surface area contributed by atoms with Crippen LogP contribution in [0.15, 0.2) is 35.2 Å². The van der Waals surface area contributed by atoms with E-state index in [1.165, 1.54) is 0 Å². The third-order valence-electron chi connectivity index (χ3n) is 4.37.